The number of amides is 1. The number of carbonyl (C=O) groups is 1. The van der Waals surface area contributed by atoms with E-state index in [1.54, 1.807) is 26.1 Å². The van der Waals surface area contributed by atoms with Gasteiger partial charge in [-0.25, -0.2) is 4.98 Å². The predicted molar refractivity (Wildman–Crippen MR) is 116 cm³/mol. The standard InChI is InChI=1S/C22H26N6O3/c1-15-12-26-21(24-11-10-17-6-4-3-5-7-17)22(30)27(15)14-20(29)25-13-18-8-9-19(23)28(31)16(18)2/h3-9,12,23,31H,10-11,13-14H2,1-2H3,(H,24,26)(H,25,29). The highest BCUT2D eigenvalue weighted by atomic mass is 16.5. The Balaban J connectivity index is 1.63. The van der Waals surface area contributed by atoms with E-state index in [2.05, 4.69) is 15.6 Å². The topological polar surface area (TPSA) is 125 Å². The first-order chi connectivity index (χ1) is 14.9. The lowest BCUT2D eigenvalue weighted by molar-refractivity contribution is -0.121. The summed E-state index contributed by atoms with van der Waals surface area (Å²) < 4.78 is 2.13. The van der Waals surface area contributed by atoms with Gasteiger partial charge in [0.15, 0.2) is 11.3 Å². The second kappa shape index (κ2) is 9.75. The molecule has 0 bridgehead atoms. The Kier molecular flexibility index (Phi) is 6.86. The average Bonchev–Trinajstić information content (AvgIpc) is 2.77. The van der Waals surface area contributed by atoms with Gasteiger partial charge in [0.05, 0.1) is 5.69 Å². The van der Waals surface area contributed by atoms with Crippen molar-refractivity contribution in [2.24, 2.45) is 0 Å². The zero-order valence-electron chi connectivity index (χ0n) is 17.6. The fourth-order valence-electron chi connectivity index (χ4n) is 3.13. The molecule has 0 saturated carbocycles. The Morgan fingerprint density at radius 1 is 1.16 bits per heavy atom. The minimum atomic E-state index is -0.355. The zero-order chi connectivity index (χ0) is 22.4. The number of pyridine rings is 1. The third-order valence-electron chi connectivity index (χ3n) is 5.03. The fourth-order valence-corrected chi connectivity index (χ4v) is 3.13. The number of nitrogens with zero attached hydrogens (tertiary/aromatic N) is 3. The number of benzene rings is 1. The van der Waals surface area contributed by atoms with Gasteiger partial charge in [0.2, 0.25) is 5.91 Å². The van der Waals surface area contributed by atoms with Gasteiger partial charge >= 0.3 is 0 Å². The summed E-state index contributed by atoms with van der Waals surface area (Å²) in [7, 11) is 0. The van der Waals surface area contributed by atoms with Gasteiger partial charge < -0.3 is 15.8 Å². The Hall–Kier alpha value is -3.88. The number of hydrogen-bond acceptors (Lipinski definition) is 6. The molecule has 31 heavy (non-hydrogen) atoms. The van der Waals surface area contributed by atoms with Crippen molar-refractivity contribution in [3.63, 3.8) is 0 Å². The van der Waals surface area contributed by atoms with Crippen molar-refractivity contribution in [3.8, 4) is 0 Å². The van der Waals surface area contributed by atoms with Gasteiger partial charge in [-0.15, -0.1) is 0 Å². The van der Waals surface area contributed by atoms with Crippen molar-refractivity contribution in [2.45, 2.75) is 33.4 Å². The normalized spacial score (nSPS) is 10.6. The van der Waals surface area contributed by atoms with Crippen molar-refractivity contribution in [1.29, 1.82) is 5.41 Å². The third kappa shape index (κ3) is 5.39. The van der Waals surface area contributed by atoms with Crippen LogP contribution in [0.4, 0.5) is 5.82 Å². The molecule has 0 unspecified atom stereocenters. The SMILES string of the molecule is Cc1c(CNC(=O)Cn2c(C)cnc(NCCc3ccccc3)c2=O)ccc(=N)n1O. The molecular formula is C22H26N6O3. The van der Waals surface area contributed by atoms with Crippen LogP contribution in [0.2, 0.25) is 0 Å². The molecule has 9 nitrogen and oxygen atoms in total. The molecule has 0 atom stereocenters. The molecule has 2 aromatic heterocycles. The highest BCUT2D eigenvalue weighted by molar-refractivity contribution is 5.75. The van der Waals surface area contributed by atoms with Crippen LogP contribution in [-0.2, 0) is 24.3 Å². The molecule has 162 valence electrons. The first-order valence-corrected chi connectivity index (χ1v) is 9.93. The molecule has 0 radical (unpaired) electrons. The van der Waals surface area contributed by atoms with Gasteiger partial charge in [0.25, 0.3) is 5.56 Å². The van der Waals surface area contributed by atoms with Crippen molar-refractivity contribution in [1.82, 2.24) is 19.6 Å². The number of aromatic nitrogens is 3. The Labute approximate surface area is 179 Å². The predicted octanol–water partition coefficient (Wildman–Crippen LogP) is 1.35. The van der Waals surface area contributed by atoms with Crippen LogP contribution < -0.4 is 21.7 Å². The minimum Gasteiger partial charge on any atom is -0.427 e. The van der Waals surface area contributed by atoms with Crippen LogP contribution in [0.1, 0.15) is 22.5 Å². The van der Waals surface area contributed by atoms with E-state index in [1.807, 2.05) is 30.3 Å². The summed E-state index contributed by atoms with van der Waals surface area (Å²) in [6.07, 6.45) is 2.31. The molecule has 2 heterocycles. The molecule has 0 fully saturated rings. The second-order valence-corrected chi connectivity index (χ2v) is 7.22. The number of nitrogens with one attached hydrogen (secondary N) is 3. The van der Waals surface area contributed by atoms with Crippen LogP contribution in [0, 0.1) is 19.3 Å². The van der Waals surface area contributed by atoms with E-state index in [1.165, 1.54) is 10.6 Å². The van der Waals surface area contributed by atoms with Crippen molar-refractivity contribution in [2.75, 3.05) is 11.9 Å². The Morgan fingerprint density at radius 2 is 1.90 bits per heavy atom. The molecule has 0 aliphatic carbocycles. The molecular weight excluding hydrogens is 396 g/mol. The summed E-state index contributed by atoms with van der Waals surface area (Å²) >= 11 is 0. The van der Waals surface area contributed by atoms with Crippen molar-refractivity contribution >= 4 is 11.7 Å². The Morgan fingerprint density at radius 3 is 2.65 bits per heavy atom. The van der Waals surface area contributed by atoms with Gasteiger partial charge in [-0.2, -0.15) is 4.73 Å². The number of rotatable bonds is 8. The van der Waals surface area contributed by atoms with Gasteiger partial charge in [0.1, 0.15) is 6.54 Å². The maximum atomic E-state index is 12.8. The summed E-state index contributed by atoms with van der Waals surface area (Å²) in [5, 5.41) is 23.2. The number of aryl methyl sites for hydroxylation is 1. The van der Waals surface area contributed by atoms with Crippen LogP contribution in [0.5, 0.6) is 0 Å². The van der Waals surface area contributed by atoms with E-state index in [4.69, 9.17) is 5.41 Å². The average molecular weight is 422 g/mol. The van der Waals surface area contributed by atoms with Gasteiger partial charge in [-0.3, -0.25) is 19.6 Å². The lowest BCUT2D eigenvalue weighted by atomic mass is 10.1. The van der Waals surface area contributed by atoms with E-state index in [-0.39, 0.29) is 35.9 Å². The first-order valence-electron chi connectivity index (χ1n) is 9.93. The molecule has 0 aliphatic heterocycles. The summed E-state index contributed by atoms with van der Waals surface area (Å²) in [5.41, 5.74) is 2.48. The highest BCUT2D eigenvalue weighted by Gasteiger charge is 2.12. The van der Waals surface area contributed by atoms with Crippen molar-refractivity contribution in [3.05, 3.63) is 87.0 Å². The summed E-state index contributed by atoms with van der Waals surface area (Å²) in [5.74, 6) is -0.136. The van der Waals surface area contributed by atoms with E-state index in [9.17, 15) is 14.8 Å². The van der Waals surface area contributed by atoms with Gasteiger partial charge in [0, 0.05) is 25.0 Å². The van der Waals surface area contributed by atoms with Crippen molar-refractivity contribution < 1.29 is 10.0 Å². The number of carbonyl (C=O) groups excluding carboxylic acids is 1. The van der Waals surface area contributed by atoms with Crippen LogP contribution in [0.3, 0.4) is 0 Å². The lowest BCUT2D eigenvalue weighted by Crippen LogP contribution is -2.35. The molecule has 4 N–H and O–H groups in total. The number of hydrogen-bond donors (Lipinski definition) is 4. The fraction of sp³-hybridized carbons (Fsp3) is 0.273. The molecule has 9 heteroatoms. The van der Waals surface area contributed by atoms with E-state index in [0.717, 1.165) is 16.7 Å². The summed E-state index contributed by atoms with van der Waals surface area (Å²) in [6, 6.07) is 13.0. The number of anilines is 1. The highest BCUT2D eigenvalue weighted by Crippen LogP contribution is 2.04. The summed E-state index contributed by atoms with van der Waals surface area (Å²) in [6.45, 7) is 3.96. The quantitative estimate of drug-likeness (QED) is 0.408. The van der Waals surface area contributed by atoms with E-state index < -0.39 is 0 Å². The van der Waals surface area contributed by atoms with Gasteiger partial charge in [-0.05, 0) is 37.5 Å². The molecule has 1 aromatic carbocycles. The van der Waals surface area contributed by atoms with Crippen LogP contribution >= 0.6 is 0 Å². The minimum absolute atomic E-state index is 0.0427. The molecule has 3 aromatic rings. The zero-order valence-corrected chi connectivity index (χ0v) is 17.6. The monoisotopic (exact) mass is 422 g/mol. The third-order valence-corrected chi connectivity index (χ3v) is 5.03. The van der Waals surface area contributed by atoms with Crippen LogP contribution in [0.25, 0.3) is 0 Å². The van der Waals surface area contributed by atoms with Crippen LogP contribution in [-0.4, -0.2) is 31.9 Å². The summed E-state index contributed by atoms with van der Waals surface area (Å²) in [4.78, 5) is 29.4. The molecule has 1 amide bonds. The Bertz CT molecular complexity index is 1180. The molecule has 0 spiro atoms. The molecule has 0 saturated heterocycles. The maximum Gasteiger partial charge on any atom is 0.293 e. The largest absolute Gasteiger partial charge is 0.427 e. The molecule has 3 rings (SSSR count). The van der Waals surface area contributed by atoms with E-state index >= 15 is 0 Å². The maximum absolute atomic E-state index is 12.8. The second-order valence-electron chi connectivity index (χ2n) is 7.22. The molecule has 0 aliphatic rings. The first kappa shape index (κ1) is 21.8. The lowest BCUT2D eigenvalue weighted by Gasteiger charge is -2.14. The smallest absolute Gasteiger partial charge is 0.293 e. The van der Waals surface area contributed by atoms with Crippen LogP contribution in [0.15, 0.2) is 53.5 Å². The van der Waals surface area contributed by atoms with Gasteiger partial charge in [-0.1, -0.05) is 36.4 Å². The van der Waals surface area contributed by atoms with E-state index in [0.29, 0.717) is 23.5 Å².